The minimum atomic E-state index is -0.548. The van der Waals surface area contributed by atoms with Crippen molar-refractivity contribution >= 4 is 18.3 Å². The summed E-state index contributed by atoms with van der Waals surface area (Å²) in [5.74, 6) is 1.43. The summed E-state index contributed by atoms with van der Waals surface area (Å²) in [5, 5.41) is 2.88. The van der Waals surface area contributed by atoms with E-state index >= 15 is 0 Å². The molecule has 1 amide bonds. The monoisotopic (exact) mass is 300 g/mol. The molecule has 0 aromatic heterocycles. The second kappa shape index (κ2) is 6.81. The average molecular weight is 301 g/mol. The number of carbonyl (C=O) groups excluding carboxylic acids is 1. The fourth-order valence-corrected chi connectivity index (χ4v) is 1.71. The molecule has 5 nitrogen and oxygen atoms in total. The molecule has 0 atom stereocenters. The van der Waals surface area contributed by atoms with Gasteiger partial charge in [0, 0.05) is 13.1 Å². The Morgan fingerprint density at radius 3 is 2.60 bits per heavy atom. The summed E-state index contributed by atoms with van der Waals surface area (Å²) in [6.45, 7) is 5.56. The number of nitrogens with two attached hydrogens (primary N) is 1. The van der Waals surface area contributed by atoms with E-state index in [1.54, 1.807) is 0 Å². The predicted octanol–water partition coefficient (Wildman–Crippen LogP) is 1.48. The van der Waals surface area contributed by atoms with Crippen LogP contribution >= 0.6 is 12.4 Å². The Hall–Kier alpha value is -1.46. The Balaban J connectivity index is 0.00000200. The van der Waals surface area contributed by atoms with Crippen LogP contribution in [0.2, 0.25) is 0 Å². The summed E-state index contributed by atoms with van der Waals surface area (Å²) in [4.78, 5) is 11.9. The summed E-state index contributed by atoms with van der Waals surface area (Å²) in [6.07, 6.45) is 0. The molecule has 0 radical (unpaired) electrons. The zero-order valence-corrected chi connectivity index (χ0v) is 12.6. The Morgan fingerprint density at radius 1 is 1.30 bits per heavy atom. The Labute approximate surface area is 125 Å². The van der Waals surface area contributed by atoms with E-state index in [4.69, 9.17) is 15.2 Å². The van der Waals surface area contributed by atoms with Gasteiger partial charge in [0.15, 0.2) is 11.5 Å². The Morgan fingerprint density at radius 2 is 1.95 bits per heavy atom. The highest BCUT2D eigenvalue weighted by atomic mass is 35.5. The number of rotatable bonds is 4. The highest BCUT2D eigenvalue weighted by molar-refractivity contribution is 5.85. The maximum absolute atomic E-state index is 11.9. The summed E-state index contributed by atoms with van der Waals surface area (Å²) in [6, 6.07) is 5.68. The molecule has 0 bridgehead atoms. The summed E-state index contributed by atoms with van der Waals surface area (Å²) < 4.78 is 10.9. The second-order valence-corrected chi connectivity index (χ2v) is 5.25. The molecule has 0 spiro atoms. The van der Waals surface area contributed by atoms with Crippen LogP contribution in [0, 0.1) is 5.41 Å². The third-order valence-electron chi connectivity index (χ3n) is 3.18. The van der Waals surface area contributed by atoms with Crippen molar-refractivity contribution in [1.29, 1.82) is 0 Å². The van der Waals surface area contributed by atoms with Crippen molar-refractivity contribution in [3.63, 3.8) is 0 Å². The van der Waals surface area contributed by atoms with E-state index < -0.39 is 5.41 Å². The molecule has 0 saturated carbocycles. The SMILES string of the molecule is CC(C)(CN)C(=O)NCc1ccc2c(c1)OCCO2.Cl. The normalized spacial score (nSPS) is 13.3. The molecule has 112 valence electrons. The summed E-state index contributed by atoms with van der Waals surface area (Å²) in [5.41, 5.74) is 6.00. The minimum absolute atomic E-state index is 0. The minimum Gasteiger partial charge on any atom is -0.486 e. The first-order chi connectivity index (χ1) is 9.03. The van der Waals surface area contributed by atoms with Crippen molar-refractivity contribution in [2.24, 2.45) is 11.1 Å². The number of hydrogen-bond donors (Lipinski definition) is 2. The van der Waals surface area contributed by atoms with Gasteiger partial charge in [0.05, 0.1) is 5.41 Å². The Bertz CT molecular complexity index is 477. The fraction of sp³-hybridized carbons (Fsp3) is 0.500. The third-order valence-corrected chi connectivity index (χ3v) is 3.18. The van der Waals surface area contributed by atoms with Gasteiger partial charge in [0.25, 0.3) is 0 Å². The number of amides is 1. The second-order valence-electron chi connectivity index (χ2n) is 5.25. The third kappa shape index (κ3) is 3.77. The molecule has 0 unspecified atom stereocenters. The van der Waals surface area contributed by atoms with Crippen molar-refractivity contribution in [3.8, 4) is 11.5 Å². The summed E-state index contributed by atoms with van der Waals surface area (Å²) in [7, 11) is 0. The van der Waals surface area contributed by atoms with Gasteiger partial charge < -0.3 is 20.5 Å². The smallest absolute Gasteiger partial charge is 0.227 e. The van der Waals surface area contributed by atoms with Crippen LogP contribution in [0.5, 0.6) is 11.5 Å². The molecule has 0 fully saturated rings. The average Bonchev–Trinajstić information content (AvgIpc) is 2.44. The van der Waals surface area contributed by atoms with Crippen molar-refractivity contribution in [2.45, 2.75) is 20.4 Å². The Kier molecular flexibility index (Phi) is 5.65. The molecule has 0 saturated heterocycles. The van der Waals surface area contributed by atoms with Crippen LogP contribution < -0.4 is 20.5 Å². The van der Waals surface area contributed by atoms with Crippen LogP contribution in [0.1, 0.15) is 19.4 Å². The largest absolute Gasteiger partial charge is 0.486 e. The topological polar surface area (TPSA) is 73.6 Å². The van der Waals surface area contributed by atoms with E-state index in [-0.39, 0.29) is 18.3 Å². The highest BCUT2D eigenvalue weighted by Gasteiger charge is 2.25. The van der Waals surface area contributed by atoms with Crippen LogP contribution in [0.4, 0.5) is 0 Å². The molecule has 0 aliphatic carbocycles. The van der Waals surface area contributed by atoms with Gasteiger partial charge in [-0.2, -0.15) is 0 Å². The number of carbonyl (C=O) groups is 1. The van der Waals surface area contributed by atoms with Gasteiger partial charge in [0.2, 0.25) is 5.91 Å². The molecule has 1 aromatic carbocycles. The number of nitrogens with one attached hydrogen (secondary N) is 1. The quantitative estimate of drug-likeness (QED) is 0.883. The lowest BCUT2D eigenvalue weighted by atomic mass is 9.92. The maximum atomic E-state index is 11.9. The number of halogens is 1. The zero-order chi connectivity index (χ0) is 13.9. The van der Waals surface area contributed by atoms with E-state index in [0.717, 1.165) is 17.1 Å². The van der Waals surface area contributed by atoms with E-state index in [2.05, 4.69) is 5.32 Å². The molecule has 2 rings (SSSR count). The van der Waals surface area contributed by atoms with Gasteiger partial charge in [-0.25, -0.2) is 0 Å². The number of hydrogen-bond acceptors (Lipinski definition) is 4. The fourth-order valence-electron chi connectivity index (χ4n) is 1.71. The number of ether oxygens (including phenoxy) is 2. The van der Waals surface area contributed by atoms with Crippen LogP contribution in [0.25, 0.3) is 0 Å². The molecule has 1 aromatic rings. The predicted molar refractivity (Wildman–Crippen MR) is 79.4 cm³/mol. The van der Waals surface area contributed by atoms with Gasteiger partial charge in [-0.1, -0.05) is 6.07 Å². The zero-order valence-electron chi connectivity index (χ0n) is 11.8. The van der Waals surface area contributed by atoms with E-state index in [9.17, 15) is 4.79 Å². The lowest BCUT2D eigenvalue weighted by Crippen LogP contribution is -2.41. The van der Waals surface area contributed by atoms with E-state index in [0.29, 0.717) is 26.3 Å². The van der Waals surface area contributed by atoms with Gasteiger partial charge in [-0.05, 0) is 31.5 Å². The van der Waals surface area contributed by atoms with Crippen LogP contribution in [0.3, 0.4) is 0 Å². The molecular weight excluding hydrogens is 280 g/mol. The molecule has 1 aliphatic rings. The van der Waals surface area contributed by atoms with Gasteiger partial charge >= 0.3 is 0 Å². The van der Waals surface area contributed by atoms with Crippen LogP contribution in [0.15, 0.2) is 18.2 Å². The lowest BCUT2D eigenvalue weighted by Gasteiger charge is -2.22. The van der Waals surface area contributed by atoms with Crippen molar-refractivity contribution < 1.29 is 14.3 Å². The molecule has 6 heteroatoms. The first kappa shape index (κ1) is 16.6. The van der Waals surface area contributed by atoms with Crippen LogP contribution in [-0.2, 0) is 11.3 Å². The molecule has 1 heterocycles. The van der Waals surface area contributed by atoms with Crippen molar-refractivity contribution in [1.82, 2.24) is 5.32 Å². The number of fused-ring (bicyclic) bond motifs is 1. The van der Waals surface area contributed by atoms with Crippen molar-refractivity contribution in [3.05, 3.63) is 23.8 Å². The lowest BCUT2D eigenvalue weighted by molar-refractivity contribution is -0.129. The number of benzene rings is 1. The first-order valence-corrected chi connectivity index (χ1v) is 6.40. The van der Waals surface area contributed by atoms with Gasteiger partial charge in [-0.3, -0.25) is 4.79 Å². The van der Waals surface area contributed by atoms with Crippen molar-refractivity contribution in [2.75, 3.05) is 19.8 Å². The highest BCUT2D eigenvalue weighted by Crippen LogP contribution is 2.30. The summed E-state index contributed by atoms with van der Waals surface area (Å²) >= 11 is 0. The molecular formula is C14H21ClN2O3. The van der Waals surface area contributed by atoms with Gasteiger partial charge in [-0.15, -0.1) is 12.4 Å². The maximum Gasteiger partial charge on any atom is 0.227 e. The van der Waals surface area contributed by atoms with Gasteiger partial charge in [0.1, 0.15) is 13.2 Å². The first-order valence-electron chi connectivity index (χ1n) is 6.40. The molecule has 1 aliphatic heterocycles. The van der Waals surface area contributed by atoms with Crippen LogP contribution in [-0.4, -0.2) is 25.7 Å². The van der Waals surface area contributed by atoms with E-state index in [1.807, 2.05) is 32.0 Å². The van der Waals surface area contributed by atoms with E-state index in [1.165, 1.54) is 0 Å². The molecule has 20 heavy (non-hydrogen) atoms. The molecule has 3 N–H and O–H groups in total. The standard InChI is InChI=1S/C14H20N2O3.ClH/c1-14(2,9-15)13(17)16-8-10-3-4-11-12(7-10)19-6-5-18-11;/h3-4,7H,5-6,8-9,15H2,1-2H3,(H,16,17);1H.